The number of rotatable bonds is 1. The van der Waals surface area contributed by atoms with Crippen molar-refractivity contribution in [2.45, 2.75) is 19.8 Å². The Morgan fingerprint density at radius 1 is 1.28 bits per heavy atom. The lowest BCUT2D eigenvalue weighted by atomic mass is 10.1. The van der Waals surface area contributed by atoms with Gasteiger partial charge in [0.2, 0.25) is 5.76 Å². The van der Waals surface area contributed by atoms with E-state index in [-0.39, 0.29) is 17.4 Å². The van der Waals surface area contributed by atoms with E-state index in [1.165, 1.54) is 6.92 Å². The lowest BCUT2D eigenvalue weighted by Gasteiger charge is -2.23. The Morgan fingerprint density at radius 3 is 2.67 bits per heavy atom. The van der Waals surface area contributed by atoms with Gasteiger partial charge < -0.3 is 9.47 Å². The van der Waals surface area contributed by atoms with Crippen LogP contribution in [0.4, 0.5) is 0 Å². The maximum Gasteiger partial charge on any atom is 0.368 e. The van der Waals surface area contributed by atoms with Gasteiger partial charge in [-0.2, -0.15) is 0 Å². The number of carbonyl (C=O) groups excluding carboxylic acids is 2. The molecule has 92 valence electrons. The predicted molar refractivity (Wildman–Crippen MR) is 61.1 cm³/mol. The van der Waals surface area contributed by atoms with Crippen molar-refractivity contribution in [3.8, 4) is 0 Å². The molecular weight excluding hydrogens is 234 g/mol. The smallest absolute Gasteiger partial charge is 0.368 e. The fourth-order valence-electron chi connectivity index (χ4n) is 2.23. The molecule has 3 rings (SSSR count). The van der Waals surface area contributed by atoms with E-state index in [2.05, 4.69) is 5.32 Å². The minimum atomic E-state index is -1.38. The Morgan fingerprint density at radius 2 is 2.00 bits per heavy atom. The van der Waals surface area contributed by atoms with Gasteiger partial charge in [0.15, 0.2) is 5.78 Å². The molecule has 1 aromatic rings. The van der Waals surface area contributed by atoms with Gasteiger partial charge in [-0.25, -0.2) is 0 Å². The van der Waals surface area contributed by atoms with Crippen molar-refractivity contribution < 1.29 is 19.1 Å². The summed E-state index contributed by atoms with van der Waals surface area (Å²) in [5.41, 5.74) is 1.08. The van der Waals surface area contributed by atoms with Crippen molar-refractivity contribution in [2.24, 2.45) is 0 Å². The molecular formula is C13H11NO4. The van der Waals surface area contributed by atoms with Crippen LogP contribution >= 0.6 is 0 Å². The molecule has 0 radical (unpaired) electrons. The monoisotopic (exact) mass is 245 g/mol. The van der Waals surface area contributed by atoms with E-state index in [1.54, 1.807) is 31.2 Å². The zero-order valence-corrected chi connectivity index (χ0v) is 9.94. The summed E-state index contributed by atoms with van der Waals surface area (Å²) in [6.07, 6.45) is 0. The molecule has 1 unspecified atom stereocenters. The van der Waals surface area contributed by atoms with Crippen molar-refractivity contribution >= 4 is 11.7 Å². The van der Waals surface area contributed by atoms with Crippen LogP contribution in [-0.2, 0) is 20.2 Å². The second kappa shape index (κ2) is 3.35. The molecule has 1 aromatic carbocycles. The number of fused-ring (bicyclic) bond motifs is 2. The summed E-state index contributed by atoms with van der Waals surface area (Å²) in [6, 6.07) is 6.98. The summed E-state index contributed by atoms with van der Waals surface area (Å²) in [5.74, 6) is -1.36. The van der Waals surface area contributed by atoms with Crippen LogP contribution in [-0.4, -0.2) is 11.7 Å². The van der Waals surface area contributed by atoms with Crippen LogP contribution in [0.15, 0.2) is 35.8 Å². The number of hydrogen-bond acceptors (Lipinski definition) is 4. The fraction of sp³-hybridized carbons (Fsp3) is 0.231. The molecule has 0 fully saturated rings. The molecule has 0 bridgehead atoms. The number of benzene rings is 1. The second-order valence-corrected chi connectivity index (χ2v) is 4.26. The van der Waals surface area contributed by atoms with Gasteiger partial charge >= 0.3 is 5.91 Å². The molecule has 2 heterocycles. The third-order valence-electron chi connectivity index (χ3n) is 2.99. The van der Waals surface area contributed by atoms with Crippen molar-refractivity contribution in [1.29, 1.82) is 0 Å². The van der Waals surface area contributed by atoms with Crippen molar-refractivity contribution in [3.63, 3.8) is 0 Å². The number of ether oxygens (including phenoxy) is 2. The zero-order valence-electron chi connectivity index (χ0n) is 9.94. The Hall–Kier alpha value is -2.30. The SMILES string of the molecule is CC(=O)C1=C(C)OC2(NC(=O)c3ccccc32)O1. The summed E-state index contributed by atoms with van der Waals surface area (Å²) < 4.78 is 11.1. The van der Waals surface area contributed by atoms with E-state index in [9.17, 15) is 9.59 Å². The molecule has 5 heteroatoms. The van der Waals surface area contributed by atoms with Crippen LogP contribution in [0.5, 0.6) is 0 Å². The summed E-state index contributed by atoms with van der Waals surface area (Å²) in [6.45, 7) is 3.03. The van der Waals surface area contributed by atoms with E-state index in [4.69, 9.17) is 9.47 Å². The molecule has 0 aliphatic carbocycles. The Balaban J connectivity index is 2.07. The summed E-state index contributed by atoms with van der Waals surface area (Å²) in [5, 5.41) is 2.63. The summed E-state index contributed by atoms with van der Waals surface area (Å²) in [4.78, 5) is 23.2. The van der Waals surface area contributed by atoms with Gasteiger partial charge in [0.1, 0.15) is 5.76 Å². The Bertz CT molecular complexity index is 605. The first-order chi connectivity index (χ1) is 8.53. The van der Waals surface area contributed by atoms with Gasteiger partial charge in [-0.3, -0.25) is 14.9 Å². The lowest BCUT2D eigenvalue weighted by Crippen LogP contribution is -2.41. The van der Waals surface area contributed by atoms with E-state index < -0.39 is 5.91 Å². The van der Waals surface area contributed by atoms with Gasteiger partial charge in [-0.15, -0.1) is 0 Å². The predicted octanol–water partition coefficient (Wildman–Crippen LogP) is 1.41. The highest BCUT2D eigenvalue weighted by Crippen LogP contribution is 2.42. The third kappa shape index (κ3) is 1.27. The number of carbonyl (C=O) groups is 2. The van der Waals surface area contributed by atoms with Gasteiger partial charge in [0.25, 0.3) is 5.91 Å². The Labute approximate surface area is 103 Å². The first kappa shape index (κ1) is 10.8. The maximum atomic E-state index is 11.8. The number of allylic oxidation sites excluding steroid dienone is 2. The average molecular weight is 245 g/mol. The molecule has 1 amide bonds. The first-order valence-electron chi connectivity index (χ1n) is 5.55. The first-order valence-corrected chi connectivity index (χ1v) is 5.55. The highest BCUT2D eigenvalue weighted by atomic mass is 16.8. The van der Waals surface area contributed by atoms with Gasteiger partial charge in [-0.05, 0) is 19.1 Å². The topological polar surface area (TPSA) is 64.6 Å². The molecule has 2 aliphatic rings. The third-order valence-corrected chi connectivity index (χ3v) is 2.99. The number of amides is 1. The van der Waals surface area contributed by atoms with Crippen molar-refractivity contribution in [2.75, 3.05) is 0 Å². The van der Waals surface area contributed by atoms with E-state index in [0.29, 0.717) is 16.9 Å². The Kier molecular flexibility index (Phi) is 2.02. The normalized spacial score (nSPS) is 24.7. The minimum absolute atomic E-state index is 0.145. The van der Waals surface area contributed by atoms with Gasteiger partial charge in [0, 0.05) is 6.92 Å². The number of nitrogens with one attached hydrogen (secondary N) is 1. The van der Waals surface area contributed by atoms with Crippen LogP contribution in [0, 0.1) is 0 Å². The summed E-state index contributed by atoms with van der Waals surface area (Å²) in [7, 11) is 0. The minimum Gasteiger partial charge on any atom is -0.432 e. The number of hydrogen-bond donors (Lipinski definition) is 1. The molecule has 0 aromatic heterocycles. The quantitative estimate of drug-likeness (QED) is 0.812. The molecule has 0 saturated heterocycles. The summed E-state index contributed by atoms with van der Waals surface area (Å²) >= 11 is 0. The van der Waals surface area contributed by atoms with Crippen LogP contribution < -0.4 is 5.32 Å². The standard InChI is InChI=1S/C13H11NO4/c1-7(15)11-8(2)17-13(18-11)10-6-4-3-5-9(10)12(16)14-13/h3-6H,1-2H3,(H,14,16). The van der Waals surface area contributed by atoms with Crippen LogP contribution in [0.3, 0.4) is 0 Å². The molecule has 1 atom stereocenters. The second-order valence-electron chi connectivity index (χ2n) is 4.26. The molecule has 18 heavy (non-hydrogen) atoms. The highest BCUT2D eigenvalue weighted by Gasteiger charge is 2.52. The van der Waals surface area contributed by atoms with E-state index >= 15 is 0 Å². The van der Waals surface area contributed by atoms with Gasteiger partial charge in [0.05, 0.1) is 11.1 Å². The maximum absolute atomic E-state index is 11.8. The van der Waals surface area contributed by atoms with Crippen LogP contribution in [0.1, 0.15) is 29.8 Å². The average Bonchev–Trinajstić information content (AvgIpc) is 2.80. The fourth-order valence-corrected chi connectivity index (χ4v) is 2.23. The molecule has 1 N–H and O–H groups in total. The lowest BCUT2D eigenvalue weighted by molar-refractivity contribution is -0.175. The van der Waals surface area contributed by atoms with Gasteiger partial charge in [-0.1, -0.05) is 12.1 Å². The van der Waals surface area contributed by atoms with E-state index in [1.807, 2.05) is 0 Å². The van der Waals surface area contributed by atoms with Crippen LogP contribution in [0.25, 0.3) is 0 Å². The molecule has 2 aliphatic heterocycles. The highest BCUT2D eigenvalue weighted by molar-refractivity contribution is 6.00. The molecule has 5 nitrogen and oxygen atoms in total. The number of Topliss-reactive ketones (excluding diaryl/α,β-unsaturated/α-hetero) is 1. The van der Waals surface area contributed by atoms with Crippen LogP contribution in [0.2, 0.25) is 0 Å². The van der Waals surface area contributed by atoms with Crippen molar-refractivity contribution in [1.82, 2.24) is 5.32 Å². The zero-order chi connectivity index (χ0) is 12.9. The number of ketones is 1. The van der Waals surface area contributed by atoms with Crippen molar-refractivity contribution in [3.05, 3.63) is 46.9 Å². The van der Waals surface area contributed by atoms with E-state index in [0.717, 1.165) is 0 Å². The molecule has 0 saturated carbocycles. The molecule has 1 spiro atoms. The largest absolute Gasteiger partial charge is 0.432 e.